The van der Waals surface area contributed by atoms with E-state index < -0.39 is 12.1 Å². The van der Waals surface area contributed by atoms with Crippen molar-refractivity contribution in [1.82, 2.24) is 4.90 Å². The number of benzene rings is 3. The van der Waals surface area contributed by atoms with Crippen LogP contribution in [0.4, 0.5) is 0 Å². The van der Waals surface area contributed by atoms with Crippen molar-refractivity contribution in [2.45, 2.75) is 31.8 Å². The molecule has 3 N–H and O–H groups in total. The van der Waals surface area contributed by atoms with Crippen molar-refractivity contribution in [3.05, 3.63) is 102 Å². The summed E-state index contributed by atoms with van der Waals surface area (Å²) in [6, 6.07) is 24.3. The Morgan fingerprint density at radius 1 is 0.975 bits per heavy atom. The molecule has 0 unspecified atom stereocenters. The van der Waals surface area contributed by atoms with Crippen molar-refractivity contribution >= 4 is 24.0 Å². The highest BCUT2D eigenvalue weighted by molar-refractivity contribution is 5.87. The molecule has 0 aromatic heterocycles. The van der Waals surface area contributed by atoms with Crippen molar-refractivity contribution in [2.24, 2.45) is 11.7 Å². The molecule has 0 spiro atoms. The molecule has 1 saturated heterocycles. The number of piperidine rings is 1. The molecule has 1 fully saturated rings. The Hall–Kier alpha value is -4.59. The van der Waals surface area contributed by atoms with E-state index in [1.54, 1.807) is 24.3 Å². The molecular formula is C32H35N3O5. The van der Waals surface area contributed by atoms with Gasteiger partial charge >= 0.3 is 11.9 Å². The summed E-state index contributed by atoms with van der Waals surface area (Å²) in [4.78, 5) is 27.1. The SMILES string of the molecule is COc1cc(C=CC(=O)OC(c2ccccc2)c2ccccc2)ccc1OC(=O)CCC1CCN(C(=N)N)CC1. The molecule has 3 aromatic rings. The predicted molar refractivity (Wildman–Crippen MR) is 154 cm³/mol. The second kappa shape index (κ2) is 14.0. The highest BCUT2D eigenvalue weighted by atomic mass is 16.6. The summed E-state index contributed by atoms with van der Waals surface area (Å²) in [6.07, 6.45) is 5.30. The highest BCUT2D eigenvalue weighted by Crippen LogP contribution is 2.30. The van der Waals surface area contributed by atoms with E-state index in [-0.39, 0.29) is 11.9 Å². The minimum Gasteiger partial charge on any atom is -0.493 e. The third kappa shape index (κ3) is 7.96. The van der Waals surface area contributed by atoms with Crippen molar-refractivity contribution in [3.63, 3.8) is 0 Å². The van der Waals surface area contributed by atoms with Gasteiger partial charge in [0.1, 0.15) is 0 Å². The van der Waals surface area contributed by atoms with E-state index in [4.69, 9.17) is 25.4 Å². The lowest BCUT2D eigenvalue weighted by atomic mass is 9.92. The van der Waals surface area contributed by atoms with Crippen LogP contribution in [0.3, 0.4) is 0 Å². The molecule has 0 amide bonds. The molecule has 1 aliphatic heterocycles. The zero-order chi connectivity index (χ0) is 28.3. The molecule has 8 heteroatoms. The molecule has 0 saturated carbocycles. The highest BCUT2D eigenvalue weighted by Gasteiger charge is 2.21. The van der Waals surface area contributed by atoms with Crippen molar-refractivity contribution in [2.75, 3.05) is 20.2 Å². The van der Waals surface area contributed by atoms with E-state index in [0.717, 1.165) is 43.5 Å². The van der Waals surface area contributed by atoms with Gasteiger partial charge in [0, 0.05) is 25.6 Å². The summed E-state index contributed by atoms with van der Waals surface area (Å²) in [6.45, 7) is 1.48. The first-order chi connectivity index (χ1) is 19.4. The van der Waals surface area contributed by atoms with Crippen LogP contribution in [0, 0.1) is 11.3 Å². The third-order valence-electron chi connectivity index (χ3n) is 6.97. The number of ether oxygens (including phenoxy) is 3. The number of esters is 2. The van der Waals surface area contributed by atoms with Gasteiger partial charge in [-0.05, 0) is 60.1 Å². The molecule has 8 nitrogen and oxygen atoms in total. The monoisotopic (exact) mass is 541 g/mol. The van der Waals surface area contributed by atoms with Gasteiger partial charge < -0.3 is 24.8 Å². The smallest absolute Gasteiger partial charge is 0.331 e. The van der Waals surface area contributed by atoms with Crippen LogP contribution in [0.15, 0.2) is 84.9 Å². The number of nitrogens with zero attached hydrogens (tertiary/aromatic N) is 1. The number of methoxy groups -OCH3 is 1. The summed E-state index contributed by atoms with van der Waals surface area (Å²) in [7, 11) is 1.50. The van der Waals surface area contributed by atoms with E-state index in [1.165, 1.54) is 13.2 Å². The summed E-state index contributed by atoms with van der Waals surface area (Å²) < 4.78 is 16.8. The Bertz CT molecular complexity index is 1280. The van der Waals surface area contributed by atoms with Crippen LogP contribution in [0.5, 0.6) is 11.5 Å². The zero-order valence-corrected chi connectivity index (χ0v) is 22.6. The fraction of sp³-hybridized carbons (Fsp3) is 0.281. The average molecular weight is 542 g/mol. The van der Waals surface area contributed by atoms with Crippen molar-refractivity contribution in [1.29, 1.82) is 5.41 Å². The van der Waals surface area contributed by atoms with Gasteiger partial charge in [-0.1, -0.05) is 66.7 Å². The first-order valence-corrected chi connectivity index (χ1v) is 13.4. The topological polar surface area (TPSA) is 115 Å². The molecule has 3 aromatic carbocycles. The number of rotatable bonds is 10. The molecule has 0 atom stereocenters. The zero-order valence-electron chi connectivity index (χ0n) is 22.6. The minimum atomic E-state index is -0.530. The molecule has 208 valence electrons. The van der Waals surface area contributed by atoms with Gasteiger partial charge in [0.05, 0.1) is 7.11 Å². The van der Waals surface area contributed by atoms with E-state index in [9.17, 15) is 9.59 Å². The van der Waals surface area contributed by atoms with Gasteiger partial charge in [-0.2, -0.15) is 0 Å². The maximum atomic E-state index is 12.8. The maximum absolute atomic E-state index is 12.8. The fourth-order valence-electron chi connectivity index (χ4n) is 4.73. The molecule has 0 radical (unpaired) electrons. The Labute approximate surface area is 234 Å². The first kappa shape index (κ1) is 28.4. The largest absolute Gasteiger partial charge is 0.493 e. The van der Waals surface area contributed by atoms with E-state index in [0.29, 0.717) is 29.4 Å². The van der Waals surface area contributed by atoms with Crippen LogP contribution in [0.1, 0.15) is 48.5 Å². The molecule has 0 bridgehead atoms. The summed E-state index contributed by atoms with van der Waals surface area (Å²) >= 11 is 0. The van der Waals surface area contributed by atoms with Crippen molar-refractivity contribution in [3.8, 4) is 11.5 Å². The molecule has 4 rings (SSSR count). The second-order valence-corrected chi connectivity index (χ2v) is 9.71. The number of hydrogen-bond donors (Lipinski definition) is 2. The molecule has 1 aliphatic rings. The third-order valence-corrected chi connectivity index (χ3v) is 6.97. The predicted octanol–water partition coefficient (Wildman–Crippen LogP) is 5.33. The Morgan fingerprint density at radius 3 is 2.17 bits per heavy atom. The molecular weight excluding hydrogens is 506 g/mol. The van der Waals surface area contributed by atoms with Gasteiger partial charge in [0.2, 0.25) is 0 Å². The average Bonchev–Trinajstić information content (AvgIpc) is 2.99. The van der Waals surface area contributed by atoms with Gasteiger partial charge in [0.25, 0.3) is 0 Å². The second-order valence-electron chi connectivity index (χ2n) is 9.71. The lowest BCUT2D eigenvalue weighted by Gasteiger charge is -2.31. The van der Waals surface area contributed by atoms with Gasteiger partial charge in [-0.25, -0.2) is 4.79 Å². The summed E-state index contributed by atoms with van der Waals surface area (Å²) in [5.41, 5.74) is 8.01. The maximum Gasteiger partial charge on any atom is 0.331 e. The Balaban J connectivity index is 1.33. The summed E-state index contributed by atoms with van der Waals surface area (Å²) in [5.74, 6) is 0.412. The molecule has 40 heavy (non-hydrogen) atoms. The number of nitrogens with one attached hydrogen (secondary N) is 1. The van der Waals surface area contributed by atoms with Crippen LogP contribution in [0.25, 0.3) is 6.08 Å². The van der Waals surface area contributed by atoms with Gasteiger partial charge in [-0.3, -0.25) is 10.2 Å². The quantitative estimate of drug-likeness (QED) is 0.117. The number of nitrogens with two attached hydrogens (primary N) is 1. The number of likely N-dealkylation sites (tertiary alicyclic amines) is 1. The minimum absolute atomic E-state index is 0.101. The van der Waals surface area contributed by atoms with Gasteiger partial charge in [-0.15, -0.1) is 0 Å². The fourth-order valence-corrected chi connectivity index (χ4v) is 4.73. The molecule has 0 aliphatic carbocycles. The van der Waals surface area contributed by atoms with Crippen molar-refractivity contribution < 1.29 is 23.8 Å². The normalized spacial score (nSPS) is 13.8. The van der Waals surface area contributed by atoms with Crippen LogP contribution in [-0.4, -0.2) is 43.0 Å². The number of carbonyl (C=O) groups is 2. The molecule has 1 heterocycles. The van der Waals surface area contributed by atoms with E-state index >= 15 is 0 Å². The number of guanidine groups is 1. The van der Waals surface area contributed by atoms with Crippen LogP contribution in [0.2, 0.25) is 0 Å². The number of hydrogen-bond acceptors (Lipinski definition) is 6. The van der Waals surface area contributed by atoms with Crippen LogP contribution >= 0.6 is 0 Å². The van der Waals surface area contributed by atoms with Gasteiger partial charge in [0.15, 0.2) is 23.6 Å². The first-order valence-electron chi connectivity index (χ1n) is 13.4. The van der Waals surface area contributed by atoms with E-state index in [2.05, 4.69) is 0 Å². The number of carbonyl (C=O) groups excluding carboxylic acids is 2. The lowest BCUT2D eigenvalue weighted by Crippen LogP contribution is -2.42. The lowest BCUT2D eigenvalue weighted by molar-refractivity contribution is -0.141. The summed E-state index contributed by atoms with van der Waals surface area (Å²) in [5, 5.41) is 7.53. The Kier molecular flexibility index (Phi) is 9.93. The van der Waals surface area contributed by atoms with E-state index in [1.807, 2.05) is 65.6 Å². The van der Waals surface area contributed by atoms with Crippen LogP contribution < -0.4 is 15.2 Å². The standard InChI is InChI=1S/C32H35N3O5/c1-38-28-22-24(12-15-27(28)39-29(36)16-13-23-18-20-35(21-19-23)32(33)34)14-17-30(37)40-31(25-8-4-2-5-9-25)26-10-6-3-7-11-26/h2-12,14-15,17,22-23,31H,13,16,18-21H2,1H3,(H3,33,34). The van der Waals surface area contributed by atoms with Crippen LogP contribution in [-0.2, 0) is 14.3 Å². The Morgan fingerprint density at radius 2 is 1.60 bits per heavy atom.